The molecule has 1 unspecified atom stereocenters. The van der Waals surface area contributed by atoms with Gasteiger partial charge in [0.05, 0.1) is 6.61 Å². The summed E-state index contributed by atoms with van der Waals surface area (Å²) in [7, 11) is 0. The lowest BCUT2D eigenvalue weighted by Gasteiger charge is -2.30. The molecule has 4 heteroatoms. The van der Waals surface area contributed by atoms with Crippen LogP contribution in [0.2, 0.25) is 0 Å². The lowest BCUT2D eigenvalue weighted by Crippen LogP contribution is -2.48. The number of Topliss-reactive ketones (excluding diaryl/α,β-unsaturated/α-hetero) is 1. The van der Waals surface area contributed by atoms with Crippen LogP contribution in [0.25, 0.3) is 0 Å². The van der Waals surface area contributed by atoms with E-state index >= 15 is 0 Å². The fourth-order valence-corrected chi connectivity index (χ4v) is 3.03. The van der Waals surface area contributed by atoms with E-state index in [-0.39, 0.29) is 25.4 Å². The average molecular weight is 368 g/mol. The summed E-state index contributed by atoms with van der Waals surface area (Å²) in [6.45, 7) is 4.37. The van der Waals surface area contributed by atoms with Crippen molar-refractivity contribution in [2.75, 3.05) is 13.2 Å². The van der Waals surface area contributed by atoms with E-state index in [1.165, 1.54) is 0 Å². The van der Waals surface area contributed by atoms with Gasteiger partial charge in [-0.3, -0.25) is 4.79 Å². The molecule has 0 saturated heterocycles. The molecule has 0 aliphatic heterocycles. The molecule has 0 saturated carbocycles. The van der Waals surface area contributed by atoms with Crippen LogP contribution in [0.3, 0.4) is 0 Å². The number of carbonyl (C=O) groups excluding carboxylic acids is 2. The zero-order chi connectivity index (χ0) is 19.5. The second-order valence-electron chi connectivity index (χ2n) is 6.41. The van der Waals surface area contributed by atoms with Crippen LogP contribution in [0.15, 0.2) is 60.7 Å². The number of ether oxygens (including phenoxy) is 2. The van der Waals surface area contributed by atoms with E-state index in [2.05, 4.69) is 6.92 Å². The third kappa shape index (κ3) is 5.27. The summed E-state index contributed by atoms with van der Waals surface area (Å²) in [5, 5.41) is 0. The number of hydrogen-bond acceptors (Lipinski definition) is 4. The Morgan fingerprint density at radius 3 is 2.11 bits per heavy atom. The van der Waals surface area contributed by atoms with E-state index in [0.29, 0.717) is 5.56 Å². The van der Waals surface area contributed by atoms with Crippen LogP contribution < -0.4 is 0 Å². The number of unbranched alkanes of at least 4 members (excludes halogenated alkanes) is 2. The number of carbonyl (C=O) groups is 2. The van der Waals surface area contributed by atoms with Crippen LogP contribution in [-0.4, -0.2) is 25.0 Å². The van der Waals surface area contributed by atoms with E-state index in [1.807, 2.05) is 36.4 Å². The topological polar surface area (TPSA) is 52.6 Å². The highest BCUT2D eigenvalue weighted by molar-refractivity contribution is 6.08. The first kappa shape index (κ1) is 20.8. The van der Waals surface area contributed by atoms with E-state index in [4.69, 9.17) is 9.47 Å². The fourth-order valence-electron chi connectivity index (χ4n) is 3.03. The number of ketones is 1. The van der Waals surface area contributed by atoms with Gasteiger partial charge in [0, 0.05) is 18.6 Å². The maximum Gasteiger partial charge on any atom is 0.351 e. The molecule has 0 aliphatic carbocycles. The van der Waals surface area contributed by atoms with Crippen LogP contribution in [0.1, 0.15) is 44.2 Å². The van der Waals surface area contributed by atoms with Gasteiger partial charge in [-0.05, 0) is 18.9 Å². The van der Waals surface area contributed by atoms with E-state index < -0.39 is 11.6 Å². The first-order valence-electron chi connectivity index (χ1n) is 9.59. The van der Waals surface area contributed by atoms with E-state index in [9.17, 15) is 9.59 Å². The number of esters is 1. The summed E-state index contributed by atoms with van der Waals surface area (Å²) in [5.74, 6) is -0.949. The molecule has 0 spiro atoms. The Kier molecular flexibility index (Phi) is 8.21. The van der Waals surface area contributed by atoms with Crippen molar-refractivity contribution in [2.24, 2.45) is 0 Å². The summed E-state index contributed by atoms with van der Waals surface area (Å²) in [6.07, 6.45) is 2.86. The third-order valence-corrected chi connectivity index (χ3v) is 4.41. The number of benzene rings is 2. The molecular formula is C23H28O4. The van der Waals surface area contributed by atoms with E-state index in [0.717, 1.165) is 24.8 Å². The first-order valence-corrected chi connectivity index (χ1v) is 9.59. The minimum atomic E-state index is -1.74. The van der Waals surface area contributed by atoms with Crippen molar-refractivity contribution in [3.63, 3.8) is 0 Å². The molecule has 2 rings (SSSR count). The zero-order valence-electron chi connectivity index (χ0n) is 16.1. The minimum absolute atomic E-state index is 0.0970. The molecule has 0 fully saturated rings. The fraction of sp³-hybridized carbons (Fsp3) is 0.391. The molecule has 0 heterocycles. The Balaban J connectivity index is 2.35. The van der Waals surface area contributed by atoms with Crippen molar-refractivity contribution in [3.8, 4) is 0 Å². The predicted molar refractivity (Wildman–Crippen MR) is 105 cm³/mol. The summed E-state index contributed by atoms with van der Waals surface area (Å²) in [5.41, 5.74) is -0.396. The summed E-state index contributed by atoms with van der Waals surface area (Å²) in [4.78, 5) is 26.4. The van der Waals surface area contributed by atoms with Gasteiger partial charge in [0.25, 0.3) is 0 Å². The van der Waals surface area contributed by atoms with E-state index in [1.54, 1.807) is 31.2 Å². The monoisotopic (exact) mass is 368 g/mol. The Hall–Kier alpha value is -2.46. The van der Waals surface area contributed by atoms with Gasteiger partial charge >= 0.3 is 5.97 Å². The number of rotatable bonds is 11. The van der Waals surface area contributed by atoms with Crippen molar-refractivity contribution in [3.05, 3.63) is 71.8 Å². The standard InChI is InChI=1S/C23H28O4/c1-3-5-12-17-26-22(25)23(27-4-2,20-15-10-7-11-16-20)21(24)18-19-13-8-6-9-14-19/h6-11,13-16H,3-5,12,17-18H2,1-2H3. The van der Waals surface area contributed by atoms with Gasteiger partial charge in [0.2, 0.25) is 5.60 Å². The van der Waals surface area contributed by atoms with Gasteiger partial charge in [0.1, 0.15) is 0 Å². The van der Waals surface area contributed by atoms with Crippen LogP contribution in [0.5, 0.6) is 0 Å². The van der Waals surface area contributed by atoms with Crippen molar-refractivity contribution in [1.82, 2.24) is 0 Å². The predicted octanol–water partition coefficient (Wildman–Crippen LogP) is 4.46. The largest absolute Gasteiger partial charge is 0.463 e. The normalized spacial score (nSPS) is 13.0. The minimum Gasteiger partial charge on any atom is -0.463 e. The molecule has 0 N–H and O–H groups in total. The molecule has 0 aliphatic rings. The second kappa shape index (κ2) is 10.6. The Morgan fingerprint density at radius 1 is 0.889 bits per heavy atom. The molecule has 0 aromatic heterocycles. The molecule has 4 nitrogen and oxygen atoms in total. The van der Waals surface area contributed by atoms with Gasteiger partial charge in [-0.1, -0.05) is 80.4 Å². The molecule has 1 atom stereocenters. The smallest absolute Gasteiger partial charge is 0.351 e. The lowest BCUT2D eigenvalue weighted by molar-refractivity contribution is -0.179. The quantitative estimate of drug-likeness (QED) is 0.334. The van der Waals surface area contributed by atoms with Crippen LogP contribution in [0, 0.1) is 0 Å². The van der Waals surface area contributed by atoms with Gasteiger partial charge in [-0.15, -0.1) is 0 Å². The Morgan fingerprint density at radius 2 is 1.52 bits per heavy atom. The molecule has 2 aromatic rings. The van der Waals surface area contributed by atoms with Gasteiger partial charge in [0.15, 0.2) is 5.78 Å². The van der Waals surface area contributed by atoms with Crippen LogP contribution in [-0.2, 0) is 31.1 Å². The number of hydrogen-bond donors (Lipinski definition) is 0. The first-order chi connectivity index (χ1) is 13.1. The highest BCUT2D eigenvalue weighted by atomic mass is 16.6. The zero-order valence-corrected chi connectivity index (χ0v) is 16.1. The highest BCUT2D eigenvalue weighted by Crippen LogP contribution is 2.30. The van der Waals surface area contributed by atoms with Gasteiger partial charge in [-0.2, -0.15) is 0 Å². The highest BCUT2D eigenvalue weighted by Gasteiger charge is 2.49. The van der Waals surface area contributed by atoms with Crippen molar-refractivity contribution >= 4 is 11.8 Å². The molecular weight excluding hydrogens is 340 g/mol. The summed E-state index contributed by atoms with van der Waals surface area (Å²) < 4.78 is 11.3. The Bertz CT molecular complexity index is 712. The van der Waals surface area contributed by atoms with Crippen LogP contribution in [0.4, 0.5) is 0 Å². The Labute approximate surface area is 161 Å². The van der Waals surface area contributed by atoms with Crippen molar-refractivity contribution < 1.29 is 19.1 Å². The molecule has 27 heavy (non-hydrogen) atoms. The van der Waals surface area contributed by atoms with Crippen molar-refractivity contribution in [2.45, 2.75) is 45.1 Å². The van der Waals surface area contributed by atoms with Gasteiger partial charge < -0.3 is 9.47 Å². The lowest BCUT2D eigenvalue weighted by atomic mass is 9.86. The molecule has 0 amide bonds. The molecule has 0 bridgehead atoms. The van der Waals surface area contributed by atoms with Crippen LogP contribution >= 0.6 is 0 Å². The van der Waals surface area contributed by atoms with Crippen molar-refractivity contribution in [1.29, 1.82) is 0 Å². The molecule has 0 radical (unpaired) electrons. The SMILES string of the molecule is CCCCCOC(=O)C(OCC)(C(=O)Cc1ccccc1)c1ccccc1. The molecule has 144 valence electrons. The summed E-state index contributed by atoms with van der Waals surface area (Å²) in [6, 6.07) is 18.3. The van der Waals surface area contributed by atoms with Gasteiger partial charge in [-0.25, -0.2) is 4.79 Å². The maximum absolute atomic E-state index is 13.3. The summed E-state index contributed by atoms with van der Waals surface area (Å²) >= 11 is 0. The average Bonchev–Trinajstić information content (AvgIpc) is 2.70. The third-order valence-electron chi connectivity index (χ3n) is 4.41. The maximum atomic E-state index is 13.3. The molecule has 2 aromatic carbocycles. The second-order valence-corrected chi connectivity index (χ2v) is 6.41.